The number of fused-ring (bicyclic) bond motifs is 6. The van der Waals surface area contributed by atoms with Crippen molar-refractivity contribution in [3.8, 4) is 33.4 Å². The third-order valence-electron chi connectivity index (χ3n) is 8.86. The van der Waals surface area contributed by atoms with E-state index in [-0.39, 0.29) is 0 Å². The van der Waals surface area contributed by atoms with E-state index in [0.29, 0.717) is 0 Å². The molecule has 0 saturated heterocycles. The van der Waals surface area contributed by atoms with E-state index in [1.54, 1.807) is 0 Å². The molecule has 0 amide bonds. The molecule has 1 heterocycles. The monoisotopic (exact) mass is 546 g/mol. The summed E-state index contributed by atoms with van der Waals surface area (Å²) < 4.78 is 6.34. The third kappa shape index (κ3) is 3.65. The first-order valence-corrected chi connectivity index (χ1v) is 14.8. The average Bonchev–Trinajstić information content (AvgIpc) is 3.45. The van der Waals surface area contributed by atoms with Gasteiger partial charge in [0.05, 0.1) is 0 Å². The van der Waals surface area contributed by atoms with Gasteiger partial charge < -0.3 is 4.42 Å². The van der Waals surface area contributed by atoms with E-state index in [9.17, 15) is 0 Å². The Hall–Kier alpha value is -5.66. The molecule has 0 radical (unpaired) electrons. The van der Waals surface area contributed by atoms with Crippen molar-refractivity contribution in [2.45, 2.75) is 0 Å². The van der Waals surface area contributed by atoms with E-state index in [1.165, 1.54) is 60.1 Å². The quantitative estimate of drug-likeness (QED) is 0.201. The zero-order valence-electron chi connectivity index (χ0n) is 23.4. The zero-order chi connectivity index (χ0) is 28.3. The van der Waals surface area contributed by atoms with Crippen LogP contribution >= 0.6 is 0 Å². The molecule has 9 aromatic rings. The van der Waals surface area contributed by atoms with Crippen molar-refractivity contribution in [2.24, 2.45) is 0 Å². The molecule has 9 rings (SSSR count). The molecule has 0 bridgehead atoms. The number of hydrogen-bond acceptors (Lipinski definition) is 1. The lowest BCUT2D eigenvalue weighted by atomic mass is 9.82. The SMILES string of the molecule is c1ccc(-c2c(-c3c4ccccc4c(-c4ccc5c(c4)oc4ccccc45)c4ccccc34)ccc3ccccc23)cc1. The van der Waals surface area contributed by atoms with Crippen molar-refractivity contribution >= 4 is 54.3 Å². The Labute approximate surface area is 249 Å². The van der Waals surface area contributed by atoms with Gasteiger partial charge in [-0.05, 0) is 83.9 Å². The Bertz CT molecular complexity index is 2440. The fraction of sp³-hybridized carbons (Fsp3) is 0. The highest BCUT2D eigenvalue weighted by Crippen LogP contribution is 2.48. The predicted molar refractivity (Wildman–Crippen MR) is 183 cm³/mol. The van der Waals surface area contributed by atoms with Gasteiger partial charge in [0, 0.05) is 10.8 Å². The first-order valence-electron chi connectivity index (χ1n) is 14.8. The van der Waals surface area contributed by atoms with Crippen LogP contribution in [0.2, 0.25) is 0 Å². The van der Waals surface area contributed by atoms with Gasteiger partial charge in [0.2, 0.25) is 0 Å². The molecule has 0 spiro atoms. The summed E-state index contributed by atoms with van der Waals surface area (Å²) in [6.07, 6.45) is 0. The molecule has 1 nitrogen and oxygen atoms in total. The second-order valence-electron chi connectivity index (χ2n) is 11.2. The van der Waals surface area contributed by atoms with Crippen molar-refractivity contribution in [1.29, 1.82) is 0 Å². The molecule has 1 heteroatoms. The Morgan fingerprint density at radius 2 is 0.860 bits per heavy atom. The van der Waals surface area contributed by atoms with E-state index in [0.717, 1.165) is 27.5 Å². The van der Waals surface area contributed by atoms with Crippen LogP contribution in [0.5, 0.6) is 0 Å². The summed E-state index contributed by atoms with van der Waals surface area (Å²) in [7, 11) is 0. The van der Waals surface area contributed by atoms with Gasteiger partial charge in [-0.1, -0.05) is 140 Å². The number of rotatable bonds is 3. The van der Waals surface area contributed by atoms with E-state index >= 15 is 0 Å². The van der Waals surface area contributed by atoms with Gasteiger partial charge in [0.25, 0.3) is 0 Å². The van der Waals surface area contributed by atoms with E-state index in [1.807, 2.05) is 12.1 Å². The van der Waals surface area contributed by atoms with Crippen LogP contribution in [-0.2, 0) is 0 Å². The molecule has 43 heavy (non-hydrogen) atoms. The fourth-order valence-corrected chi connectivity index (χ4v) is 7.01. The summed E-state index contributed by atoms with van der Waals surface area (Å²) in [4.78, 5) is 0. The molecular formula is C42H26O. The minimum absolute atomic E-state index is 0.914. The Kier molecular flexibility index (Phi) is 5.27. The molecular weight excluding hydrogens is 520 g/mol. The molecule has 0 aliphatic heterocycles. The van der Waals surface area contributed by atoms with Crippen LogP contribution in [-0.4, -0.2) is 0 Å². The van der Waals surface area contributed by atoms with E-state index in [4.69, 9.17) is 4.42 Å². The second kappa shape index (κ2) is 9.44. The predicted octanol–water partition coefficient (Wildman–Crippen LogP) is 12.0. The highest BCUT2D eigenvalue weighted by atomic mass is 16.3. The summed E-state index contributed by atoms with van der Waals surface area (Å²) in [5.41, 5.74) is 9.24. The summed E-state index contributed by atoms with van der Waals surface area (Å²) in [5, 5.41) is 9.76. The van der Waals surface area contributed by atoms with Gasteiger partial charge in [0.15, 0.2) is 0 Å². The van der Waals surface area contributed by atoms with Gasteiger partial charge in [-0.3, -0.25) is 0 Å². The third-order valence-corrected chi connectivity index (χ3v) is 8.86. The maximum absolute atomic E-state index is 6.34. The minimum atomic E-state index is 0.914. The van der Waals surface area contributed by atoms with Crippen molar-refractivity contribution in [1.82, 2.24) is 0 Å². The van der Waals surface area contributed by atoms with Crippen LogP contribution in [0.25, 0.3) is 87.6 Å². The number of para-hydroxylation sites is 1. The van der Waals surface area contributed by atoms with Crippen molar-refractivity contribution in [3.05, 3.63) is 158 Å². The summed E-state index contributed by atoms with van der Waals surface area (Å²) in [6, 6.07) is 56.8. The van der Waals surface area contributed by atoms with Gasteiger partial charge in [-0.25, -0.2) is 0 Å². The van der Waals surface area contributed by atoms with Gasteiger partial charge in [0.1, 0.15) is 11.2 Å². The fourth-order valence-electron chi connectivity index (χ4n) is 7.01. The maximum Gasteiger partial charge on any atom is 0.136 e. The summed E-state index contributed by atoms with van der Waals surface area (Å²) >= 11 is 0. The molecule has 0 atom stereocenters. The van der Waals surface area contributed by atoms with E-state index in [2.05, 4.69) is 146 Å². The molecule has 1 aromatic heterocycles. The Balaban J connectivity index is 1.41. The van der Waals surface area contributed by atoms with Gasteiger partial charge >= 0.3 is 0 Å². The normalized spacial score (nSPS) is 11.7. The average molecular weight is 547 g/mol. The lowest BCUT2D eigenvalue weighted by molar-refractivity contribution is 0.669. The zero-order valence-corrected chi connectivity index (χ0v) is 23.4. The van der Waals surface area contributed by atoms with Crippen molar-refractivity contribution in [2.75, 3.05) is 0 Å². The molecule has 0 aliphatic carbocycles. The number of hydrogen-bond donors (Lipinski definition) is 0. The first-order chi connectivity index (χ1) is 21.3. The van der Waals surface area contributed by atoms with Crippen LogP contribution in [0, 0.1) is 0 Å². The van der Waals surface area contributed by atoms with Crippen molar-refractivity contribution < 1.29 is 4.42 Å². The summed E-state index contributed by atoms with van der Waals surface area (Å²) in [6.45, 7) is 0. The van der Waals surface area contributed by atoms with Crippen LogP contribution in [0.4, 0.5) is 0 Å². The van der Waals surface area contributed by atoms with Crippen molar-refractivity contribution in [3.63, 3.8) is 0 Å². The molecule has 0 unspecified atom stereocenters. The Morgan fingerprint density at radius 3 is 1.58 bits per heavy atom. The van der Waals surface area contributed by atoms with Crippen LogP contribution in [0.15, 0.2) is 162 Å². The highest BCUT2D eigenvalue weighted by molar-refractivity contribution is 6.24. The number of benzene rings is 8. The smallest absolute Gasteiger partial charge is 0.136 e. The lowest BCUT2D eigenvalue weighted by Crippen LogP contribution is -1.93. The largest absolute Gasteiger partial charge is 0.456 e. The minimum Gasteiger partial charge on any atom is -0.456 e. The second-order valence-corrected chi connectivity index (χ2v) is 11.2. The summed E-state index contributed by atoms with van der Waals surface area (Å²) in [5.74, 6) is 0. The first kappa shape index (κ1) is 24.0. The lowest BCUT2D eigenvalue weighted by Gasteiger charge is -2.21. The highest BCUT2D eigenvalue weighted by Gasteiger charge is 2.20. The molecule has 0 saturated carbocycles. The number of furan rings is 1. The Morgan fingerprint density at radius 1 is 0.302 bits per heavy atom. The standard InChI is InChI=1S/C42H26O/c1-2-13-28(14-3-1)40-30-15-5-4-12-27(30)22-25-37(40)42-35-19-8-6-17-33(35)41(34-18-7-9-20-36(34)42)29-23-24-32-31-16-10-11-21-38(31)43-39(32)26-29/h1-26H. The molecule has 0 N–H and O–H groups in total. The van der Waals surface area contributed by atoms with Crippen LogP contribution in [0.3, 0.4) is 0 Å². The van der Waals surface area contributed by atoms with Crippen LogP contribution < -0.4 is 0 Å². The topological polar surface area (TPSA) is 13.1 Å². The molecule has 200 valence electrons. The van der Waals surface area contributed by atoms with Crippen LogP contribution in [0.1, 0.15) is 0 Å². The maximum atomic E-state index is 6.34. The van der Waals surface area contributed by atoms with E-state index < -0.39 is 0 Å². The van der Waals surface area contributed by atoms with Gasteiger partial charge in [-0.15, -0.1) is 0 Å². The van der Waals surface area contributed by atoms with Gasteiger partial charge in [-0.2, -0.15) is 0 Å². The molecule has 0 aliphatic rings. The molecule has 0 fully saturated rings. The molecule has 8 aromatic carbocycles.